The van der Waals surface area contributed by atoms with Crippen molar-refractivity contribution in [3.8, 4) is 0 Å². The average molecular weight is 188 g/mol. The van der Waals surface area contributed by atoms with Crippen LogP contribution in [0, 0.1) is 0 Å². The molecule has 0 spiro atoms. The van der Waals surface area contributed by atoms with Crippen LogP contribution in [0.5, 0.6) is 0 Å². The molecule has 0 rings (SSSR count). The number of methoxy groups -OCH3 is 1. The first-order valence-electron chi connectivity index (χ1n) is 4.07. The lowest BCUT2D eigenvalue weighted by atomic mass is 10.4. The molecule has 0 heterocycles. The second-order valence-electron chi connectivity index (χ2n) is 2.58. The predicted molar refractivity (Wildman–Crippen MR) is 48.2 cm³/mol. The lowest BCUT2D eigenvalue weighted by molar-refractivity contribution is -0.139. The molecule has 0 amide bonds. The molecule has 0 bridgehead atoms. The van der Waals surface area contributed by atoms with E-state index < -0.39 is 0 Å². The van der Waals surface area contributed by atoms with Crippen molar-refractivity contribution in [2.45, 2.75) is 13.3 Å². The molecule has 13 heavy (non-hydrogen) atoms. The molecule has 0 aromatic rings. The Morgan fingerprint density at radius 3 is 2.62 bits per heavy atom. The van der Waals surface area contributed by atoms with Crippen molar-refractivity contribution in [2.24, 2.45) is 0 Å². The number of esters is 1. The van der Waals surface area contributed by atoms with Gasteiger partial charge in [-0.1, -0.05) is 6.58 Å². The van der Waals surface area contributed by atoms with E-state index in [0.29, 0.717) is 25.2 Å². The Hall–Kier alpha value is -0.870. The van der Waals surface area contributed by atoms with E-state index in [1.165, 1.54) is 0 Å². The molecule has 4 nitrogen and oxygen atoms in total. The van der Waals surface area contributed by atoms with Crippen molar-refractivity contribution in [2.75, 3.05) is 27.1 Å². The normalized spacial score (nSPS) is 9.69. The van der Waals surface area contributed by atoms with E-state index in [9.17, 15) is 4.79 Å². The lowest BCUT2D eigenvalue weighted by Gasteiger charge is -2.04. The highest BCUT2D eigenvalue weighted by Gasteiger charge is 2.01. The topological polar surface area (TPSA) is 44.8 Å². The zero-order valence-corrected chi connectivity index (χ0v) is 8.17. The SMILES string of the molecule is C=C(C)C(=O)OCCCOCOC. The molecule has 0 radical (unpaired) electrons. The van der Waals surface area contributed by atoms with Gasteiger partial charge in [0.1, 0.15) is 6.79 Å². The third-order valence-corrected chi connectivity index (χ3v) is 1.22. The first-order valence-corrected chi connectivity index (χ1v) is 4.07. The Labute approximate surface area is 78.5 Å². The molecule has 0 aliphatic heterocycles. The van der Waals surface area contributed by atoms with Gasteiger partial charge in [-0.3, -0.25) is 0 Å². The highest BCUT2D eigenvalue weighted by Crippen LogP contribution is 1.93. The summed E-state index contributed by atoms with van der Waals surface area (Å²) in [6.07, 6.45) is 0.669. The van der Waals surface area contributed by atoms with Gasteiger partial charge in [-0.15, -0.1) is 0 Å². The van der Waals surface area contributed by atoms with Gasteiger partial charge in [-0.2, -0.15) is 0 Å². The summed E-state index contributed by atoms with van der Waals surface area (Å²) < 4.78 is 14.5. The van der Waals surface area contributed by atoms with Gasteiger partial charge < -0.3 is 14.2 Å². The Morgan fingerprint density at radius 1 is 1.38 bits per heavy atom. The summed E-state index contributed by atoms with van der Waals surface area (Å²) in [7, 11) is 1.56. The van der Waals surface area contributed by atoms with E-state index in [1.54, 1.807) is 14.0 Å². The van der Waals surface area contributed by atoms with Crippen LogP contribution in [0.25, 0.3) is 0 Å². The van der Waals surface area contributed by atoms with E-state index >= 15 is 0 Å². The summed E-state index contributed by atoms with van der Waals surface area (Å²) in [6, 6.07) is 0. The van der Waals surface area contributed by atoms with Crippen LogP contribution in [0.4, 0.5) is 0 Å². The summed E-state index contributed by atoms with van der Waals surface area (Å²) in [5.41, 5.74) is 0.415. The minimum Gasteiger partial charge on any atom is -0.462 e. The van der Waals surface area contributed by atoms with Crippen molar-refractivity contribution in [1.82, 2.24) is 0 Å². The molecule has 0 aromatic carbocycles. The number of ether oxygens (including phenoxy) is 3. The van der Waals surface area contributed by atoms with Gasteiger partial charge in [-0.05, 0) is 6.92 Å². The minimum absolute atomic E-state index is 0.272. The molecule has 4 heteroatoms. The fourth-order valence-electron chi connectivity index (χ4n) is 0.591. The maximum atomic E-state index is 10.8. The van der Waals surface area contributed by atoms with E-state index in [2.05, 4.69) is 11.3 Å². The fraction of sp³-hybridized carbons (Fsp3) is 0.667. The zero-order chi connectivity index (χ0) is 10.1. The average Bonchev–Trinajstić information content (AvgIpc) is 2.10. The quantitative estimate of drug-likeness (QED) is 0.260. The van der Waals surface area contributed by atoms with Crippen molar-refractivity contribution < 1.29 is 19.0 Å². The molecule has 0 unspecified atom stereocenters. The monoisotopic (exact) mass is 188 g/mol. The van der Waals surface area contributed by atoms with Crippen LogP contribution in [0.15, 0.2) is 12.2 Å². The second kappa shape index (κ2) is 7.76. The number of hydrogen-bond donors (Lipinski definition) is 0. The highest BCUT2D eigenvalue weighted by molar-refractivity contribution is 5.86. The van der Waals surface area contributed by atoms with Crippen LogP contribution < -0.4 is 0 Å². The Morgan fingerprint density at radius 2 is 2.08 bits per heavy atom. The molecule has 76 valence electrons. The minimum atomic E-state index is -0.355. The van der Waals surface area contributed by atoms with Gasteiger partial charge in [0.25, 0.3) is 0 Å². The third kappa shape index (κ3) is 7.49. The third-order valence-electron chi connectivity index (χ3n) is 1.22. The first-order chi connectivity index (χ1) is 6.18. The van der Waals surface area contributed by atoms with Crippen LogP contribution in [-0.4, -0.2) is 33.1 Å². The summed E-state index contributed by atoms with van der Waals surface area (Å²) >= 11 is 0. The lowest BCUT2D eigenvalue weighted by Crippen LogP contribution is -2.08. The number of rotatable bonds is 7. The molecule has 0 saturated heterocycles. The molecular weight excluding hydrogens is 172 g/mol. The van der Waals surface area contributed by atoms with Crippen LogP contribution >= 0.6 is 0 Å². The largest absolute Gasteiger partial charge is 0.462 e. The fourth-order valence-corrected chi connectivity index (χ4v) is 0.591. The van der Waals surface area contributed by atoms with Gasteiger partial charge in [0, 0.05) is 19.1 Å². The van der Waals surface area contributed by atoms with Crippen LogP contribution in [0.1, 0.15) is 13.3 Å². The number of carbonyl (C=O) groups excluding carboxylic acids is 1. The second-order valence-corrected chi connectivity index (χ2v) is 2.58. The molecule has 0 saturated carbocycles. The summed E-state index contributed by atoms with van der Waals surface area (Å²) in [5.74, 6) is -0.355. The molecule has 0 aromatic heterocycles. The summed E-state index contributed by atoms with van der Waals surface area (Å²) in [4.78, 5) is 10.8. The first kappa shape index (κ1) is 12.1. The van der Waals surface area contributed by atoms with Crippen LogP contribution in [0.3, 0.4) is 0 Å². The molecule has 0 N–H and O–H groups in total. The summed E-state index contributed by atoms with van der Waals surface area (Å²) in [6.45, 7) is 6.23. The van der Waals surface area contributed by atoms with Crippen LogP contribution in [0.2, 0.25) is 0 Å². The zero-order valence-electron chi connectivity index (χ0n) is 8.17. The van der Waals surface area contributed by atoms with E-state index in [0.717, 1.165) is 0 Å². The Balaban J connectivity index is 3.16. The van der Waals surface area contributed by atoms with Gasteiger partial charge in [0.2, 0.25) is 0 Å². The van der Waals surface area contributed by atoms with Crippen molar-refractivity contribution in [1.29, 1.82) is 0 Å². The molecule has 0 atom stereocenters. The van der Waals surface area contributed by atoms with E-state index in [-0.39, 0.29) is 12.8 Å². The predicted octanol–water partition coefficient (Wildman–Crippen LogP) is 1.12. The Kier molecular flexibility index (Phi) is 7.24. The van der Waals surface area contributed by atoms with Crippen molar-refractivity contribution in [3.63, 3.8) is 0 Å². The molecular formula is C9H16O4. The van der Waals surface area contributed by atoms with Crippen LogP contribution in [-0.2, 0) is 19.0 Å². The van der Waals surface area contributed by atoms with Gasteiger partial charge in [-0.25, -0.2) is 4.79 Å². The number of carbonyl (C=O) groups is 1. The number of hydrogen-bond acceptors (Lipinski definition) is 4. The highest BCUT2D eigenvalue weighted by atomic mass is 16.7. The van der Waals surface area contributed by atoms with Gasteiger partial charge >= 0.3 is 5.97 Å². The van der Waals surface area contributed by atoms with Gasteiger partial charge in [0.15, 0.2) is 0 Å². The summed E-state index contributed by atoms with van der Waals surface area (Å²) in [5, 5.41) is 0. The van der Waals surface area contributed by atoms with Crippen molar-refractivity contribution >= 4 is 5.97 Å². The smallest absolute Gasteiger partial charge is 0.333 e. The van der Waals surface area contributed by atoms with E-state index in [4.69, 9.17) is 9.47 Å². The standard InChI is InChI=1S/C9H16O4/c1-8(2)9(10)13-6-4-5-12-7-11-3/h1,4-7H2,2-3H3. The maximum absolute atomic E-state index is 10.8. The van der Waals surface area contributed by atoms with Crippen molar-refractivity contribution in [3.05, 3.63) is 12.2 Å². The molecule has 0 aliphatic carbocycles. The van der Waals surface area contributed by atoms with E-state index in [1.807, 2.05) is 0 Å². The maximum Gasteiger partial charge on any atom is 0.333 e. The Bertz CT molecular complexity index is 165. The van der Waals surface area contributed by atoms with Gasteiger partial charge in [0.05, 0.1) is 13.2 Å². The molecule has 0 aliphatic rings. The molecule has 0 fully saturated rings.